The number of nitrogens with two attached hydrogens (primary N) is 1. The molecule has 0 spiro atoms. The Kier molecular flexibility index (Phi) is 5.84. The summed E-state index contributed by atoms with van der Waals surface area (Å²) in [4.78, 5) is 26.0. The lowest BCUT2D eigenvalue weighted by atomic mass is 10.0. The summed E-state index contributed by atoms with van der Waals surface area (Å²) in [7, 11) is 0. The Bertz CT molecular complexity index is 1770. The molecule has 0 bridgehead atoms. The van der Waals surface area contributed by atoms with Gasteiger partial charge < -0.3 is 10.5 Å². The van der Waals surface area contributed by atoms with Gasteiger partial charge in [-0.05, 0) is 23.8 Å². The van der Waals surface area contributed by atoms with E-state index in [9.17, 15) is 0 Å². The van der Waals surface area contributed by atoms with Crippen molar-refractivity contribution in [1.82, 2.24) is 34.5 Å². The molecule has 38 heavy (non-hydrogen) atoms. The maximum atomic E-state index is 7.43. The summed E-state index contributed by atoms with van der Waals surface area (Å²) in [5.41, 5.74) is 10.6. The van der Waals surface area contributed by atoms with E-state index in [1.165, 1.54) is 10.8 Å². The normalized spacial score (nSPS) is 11.7. The highest BCUT2D eigenvalue weighted by atomic mass is 16.5. The Morgan fingerprint density at radius 2 is 1.76 bits per heavy atom. The molecule has 0 radical (unpaired) electrons. The maximum Gasteiger partial charge on any atom is 0.223 e. The molecule has 6 rings (SSSR count). The van der Waals surface area contributed by atoms with Gasteiger partial charge in [0.15, 0.2) is 23.3 Å². The first-order valence-electron chi connectivity index (χ1n) is 11.6. The van der Waals surface area contributed by atoms with Gasteiger partial charge in [-0.2, -0.15) is 4.52 Å². The smallest absolute Gasteiger partial charge is 0.223 e. The monoisotopic (exact) mass is 497 g/mol. The van der Waals surface area contributed by atoms with Gasteiger partial charge in [-0.25, -0.2) is 29.8 Å². The molecule has 10 heteroatoms. The van der Waals surface area contributed by atoms with Crippen LogP contribution in [0, 0.1) is 6.57 Å². The Labute approximate surface area is 217 Å². The minimum Gasteiger partial charge on any atom is -0.461 e. The van der Waals surface area contributed by atoms with E-state index in [2.05, 4.69) is 24.8 Å². The number of hydrogen-bond acceptors (Lipinski definition) is 8. The molecule has 1 atom stereocenters. The molecule has 0 aliphatic rings. The van der Waals surface area contributed by atoms with E-state index < -0.39 is 6.10 Å². The van der Waals surface area contributed by atoms with Crippen molar-refractivity contribution in [3.8, 4) is 28.4 Å². The average Bonchev–Trinajstić information content (AvgIpc) is 3.43. The topological polar surface area (TPSA) is 121 Å². The Balaban J connectivity index is 1.59. The van der Waals surface area contributed by atoms with Crippen molar-refractivity contribution >= 4 is 17.3 Å². The molecule has 0 aliphatic carbocycles. The standard InChI is InChI=1S/C28H19N9O/c1-30-20-11-7-10-19(16-20)24-23(21-13-15-31-17-33-21)27-35-26(36-37(27)28(29)34-24)25(18-8-3-2-4-9-18)38-22-12-5-6-14-32-22/h2-17,25H,(H2,29,34). The van der Waals surface area contributed by atoms with Crippen molar-refractivity contribution in [1.29, 1.82) is 0 Å². The highest BCUT2D eigenvalue weighted by molar-refractivity contribution is 5.89. The highest BCUT2D eigenvalue weighted by Crippen LogP contribution is 2.36. The average molecular weight is 498 g/mol. The van der Waals surface area contributed by atoms with Crippen LogP contribution in [-0.2, 0) is 0 Å². The van der Waals surface area contributed by atoms with E-state index in [4.69, 9.17) is 27.1 Å². The third kappa shape index (κ3) is 4.25. The molecule has 2 N–H and O–H groups in total. The van der Waals surface area contributed by atoms with Crippen molar-refractivity contribution in [3.05, 3.63) is 120 Å². The number of hydrogen-bond donors (Lipinski definition) is 1. The summed E-state index contributed by atoms with van der Waals surface area (Å²) < 4.78 is 7.76. The molecule has 0 amide bonds. The van der Waals surface area contributed by atoms with E-state index >= 15 is 0 Å². The zero-order valence-electron chi connectivity index (χ0n) is 19.9. The molecule has 182 valence electrons. The first-order valence-corrected chi connectivity index (χ1v) is 11.6. The van der Waals surface area contributed by atoms with E-state index in [-0.39, 0.29) is 5.95 Å². The molecular weight excluding hydrogens is 478 g/mol. The van der Waals surface area contributed by atoms with Crippen molar-refractivity contribution in [2.45, 2.75) is 6.10 Å². The number of anilines is 1. The third-order valence-corrected chi connectivity index (χ3v) is 5.83. The van der Waals surface area contributed by atoms with Crippen LogP contribution in [-0.4, -0.2) is 34.5 Å². The van der Waals surface area contributed by atoms with Crippen LogP contribution in [0.2, 0.25) is 0 Å². The van der Waals surface area contributed by atoms with Crippen LogP contribution in [0.4, 0.5) is 11.6 Å². The zero-order valence-corrected chi connectivity index (χ0v) is 19.9. The maximum absolute atomic E-state index is 7.43. The fourth-order valence-corrected chi connectivity index (χ4v) is 4.13. The Morgan fingerprint density at radius 1 is 0.895 bits per heavy atom. The van der Waals surface area contributed by atoms with E-state index in [1.807, 2.05) is 48.5 Å². The minimum atomic E-state index is -0.669. The minimum absolute atomic E-state index is 0.129. The first kappa shape index (κ1) is 22.8. The lowest BCUT2D eigenvalue weighted by molar-refractivity contribution is 0.227. The number of benzene rings is 2. The van der Waals surface area contributed by atoms with Gasteiger partial charge >= 0.3 is 0 Å². The number of rotatable bonds is 6. The van der Waals surface area contributed by atoms with Gasteiger partial charge in [0.25, 0.3) is 0 Å². The van der Waals surface area contributed by atoms with Crippen molar-refractivity contribution in [2.75, 3.05) is 5.73 Å². The number of ether oxygens (including phenoxy) is 1. The van der Waals surface area contributed by atoms with E-state index in [0.717, 1.165) is 5.56 Å². The predicted molar refractivity (Wildman–Crippen MR) is 141 cm³/mol. The lowest BCUT2D eigenvalue weighted by Gasteiger charge is -2.15. The quantitative estimate of drug-likeness (QED) is 0.321. The molecule has 1 unspecified atom stereocenters. The van der Waals surface area contributed by atoms with Crippen molar-refractivity contribution in [2.24, 2.45) is 0 Å². The molecule has 0 saturated heterocycles. The second-order valence-corrected chi connectivity index (χ2v) is 8.23. The van der Waals surface area contributed by atoms with Gasteiger partial charge in [0.05, 0.1) is 23.5 Å². The van der Waals surface area contributed by atoms with Crippen LogP contribution in [0.15, 0.2) is 97.6 Å². The number of fused-ring (bicyclic) bond motifs is 1. The second-order valence-electron chi connectivity index (χ2n) is 8.23. The third-order valence-electron chi connectivity index (χ3n) is 5.83. The molecule has 0 aliphatic heterocycles. The van der Waals surface area contributed by atoms with Crippen LogP contribution >= 0.6 is 0 Å². The second kappa shape index (κ2) is 9.75. The fraction of sp³-hybridized carbons (Fsp3) is 0.0357. The van der Waals surface area contributed by atoms with Gasteiger partial charge in [0.1, 0.15) is 6.33 Å². The van der Waals surface area contributed by atoms with Gasteiger partial charge in [0, 0.05) is 24.0 Å². The molecule has 6 aromatic rings. The van der Waals surface area contributed by atoms with Crippen molar-refractivity contribution in [3.63, 3.8) is 0 Å². The fourth-order valence-electron chi connectivity index (χ4n) is 4.13. The van der Waals surface area contributed by atoms with Crippen LogP contribution in [0.1, 0.15) is 17.5 Å². The highest BCUT2D eigenvalue weighted by Gasteiger charge is 2.26. The summed E-state index contributed by atoms with van der Waals surface area (Å²) in [6, 6.07) is 24.0. The van der Waals surface area contributed by atoms with Gasteiger partial charge in [0.2, 0.25) is 11.8 Å². The molecule has 0 saturated carbocycles. The van der Waals surface area contributed by atoms with Gasteiger partial charge in [-0.1, -0.05) is 54.6 Å². The van der Waals surface area contributed by atoms with E-state index in [1.54, 1.807) is 42.7 Å². The predicted octanol–water partition coefficient (Wildman–Crippen LogP) is 4.94. The van der Waals surface area contributed by atoms with Crippen molar-refractivity contribution < 1.29 is 4.74 Å². The summed E-state index contributed by atoms with van der Waals surface area (Å²) in [5.74, 6) is 0.932. The number of nitrogen functional groups attached to an aromatic ring is 1. The largest absolute Gasteiger partial charge is 0.461 e. The molecular formula is C28H19N9O. The van der Waals surface area contributed by atoms with E-state index in [0.29, 0.717) is 45.6 Å². The number of nitrogens with zero attached hydrogens (tertiary/aromatic N) is 8. The summed E-state index contributed by atoms with van der Waals surface area (Å²) in [5, 5.41) is 4.71. The summed E-state index contributed by atoms with van der Waals surface area (Å²) in [6.07, 6.45) is 4.09. The van der Waals surface area contributed by atoms with Gasteiger partial charge in [-0.3, -0.25) is 0 Å². The Hall–Kier alpha value is -5.69. The van der Waals surface area contributed by atoms with Crippen LogP contribution in [0.5, 0.6) is 5.88 Å². The van der Waals surface area contributed by atoms with Crippen LogP contribution < -0.4 is 10.5 Å². The number of aromatic nitrogens is 7. The van der Waals surface area contributed by atoms with Gasteiger partial charge in [-0.15, -0.1) is 5.10 Å². The van der Waals surface area contributed by atoms with Crippen LogP contribution in [0.3, 0.4) is 0 Å². The lowest BCUT2D eigenvalue weighted by Crippen LogP contribution is -2.12. The first-order chi connectivity index (χ1) is 18.7. The summed E-state index contributed by atoms with van der Waals surface area (Å²) in [6.45, 7) is 7.43. The molecule has 4 heterocycles. The molecule has 0 fully saturated rings. The molecule has 2 aromatic carbocycles. The Morgan fingerprint density at radius 3 is 2.53 bits per heavy atom. The number of pyridine rings is 1. The van der Waals surface area contributed by atoms with Crippen LogP contribution in [0.25, 0.3) is 33.0 Å². The summed E-state index contributed by atoms with van der Waals surface area (Å²) >= 11 is 0. The molecule has 4 aromatic heterocycles. The zero-order chi connectivity index (χ0) is 25.9. The molecule has 10 nitrogen and oxygen atoms in total. The SMILES string of the molecule is [C-]#[N+]c1cccc(-c2nc(N)n3nc(C(Oc4ccccn4)c4ccccc4)nc3c2-c2ccncn2)c1.